The molecule has 1 unspecified atom stereocenters. The second-order valence-electron chi connectivity index (χ2n) is 5.20. The highest BCUT2D eigenvalue weighted by molar-refractivity contribution is 5.30. The topological polar surface area (TPSA) is 21.3 Å². The van der Waals surface area contributed by atoms with Crippen molar-refractivity contribution in [3.05, 3.63) is 29.6 Å². The van der Waals surface area contributed by atoms with Crippen LogP contribution in [0, 0.1) is 5.82 Å². The quantitative estimate of drug-likeness (QED) is 0.619. The number of benzene rings is 1. The Hall–Kier alpha value is -1.09. The van der Waals surface area contributed by atoms with E-state index in [-0.39, 0.29) is 11.9 Å². The average molecular weight is 281 g/mol. The van der Waals surface area contributed by atoms with E-state index in [1.807, 2.05) is 12.1 Å². The Morgan fingerprint density at radius 1 is 1.15 bits per heavy atom. The van der Waals surface area contributed by atoms with Crippen molar-refractivity contribution in [3.8, 4) is 5.75 Å². The van der Waals surface area contributed by atoms with Crippen LogP contribution in [0.2, 0.25) is 0 Å². The SMILES string of the molecule is CCCCCCCC(NCC)c1ccc(OC)cc1F. The summed E-state index contributed by atoms with van der Waals surface area (Å²) in [7, 11) is 1.56. The lowest BCUT2D eigenvalue weighted by Gasteiger charge is -2.19. The molecule has 0 amide bonds. The molecule has 1 atom stereocenters. The van der Waals surface area contributed by atoms with Gasteiger partial charge in [-0.05, 0) is 19.0 Å². The van der Waals surface area contributed by atoms with Crippen LogP contribution in [0.25, 0.3) is 0 Å². The molecule has 0 aliphatic carbocycles. The van der Waals surface area contributed by atoms with Gasteiger partial charge >= 0.3 is 0 Å². The maximum atomic E-state index is 14.1. The largest absolute Gasteiger partial charge is 0.497 e. The Kier molecular flexibility index (Phi) is 8.28. The maximum absolute atomic E-state index is 14.1. The fourth-order valence-corrected chi connectivity index (χ4v) is 2.48. The van der Waals surface area contributed by atoms with Crippen molar-refractivity contribution in [2.24, 2.45) is 0 Å². The maximum Gasteiger partial charge on any atom is 0.131 e. The van der Waals surface area contributed by atoms with Gasteiger partial charge in [0.2, 0.25) is 0 Å². The zero-order valence-electron chi connectivity index (χ0n) is 13.0. The lowest BCUT2D eigenvalue weighted by atomic mass is 9.99. The van der Waals surface area contributed by atoms with E-state index in [1.165, 1.54) is 31.7 Å². The standard InChI is InChI=1S/C17H28FNO/c1-4-6-7-8-9-10-17(19-5-2)15-12-11-14(20-3)13-16(15)18/h11-13,17,19H,4-10H2,1-3H3. The minimum absolute atomic E-state index is 0.104. The van der Waals surface area contributed by atoms with Crippen LogP contribution in [0.3, 0.4) is 0 Å². The number of halogens is 1. The number of unbranched alkanes of at least 4 members (excludes halogenated alkanes) is 4. The van der Waals surface area contributed by atoms with Gasteiger partial charge in [0.25, 0.3) is 0 Å². The Bertz CT molecular complexity index is 381. The van der Waals surface area contributed by atoms with Gasteiger partial charge < -0.3 is 10.1 Å². The van der Waals surface area contributed by atoms with Crippen molar-refractivity contribution < 1.29 is 9.13 Å². The van der Waals surface area contributed by atoms with Gasteiger partial charge in [-0.3, -0.25) is 0 Å². The molecule has 20 heavy (non-hydrogen) atoms. The zero-order chi connectivity index (χ0) is 14.8. The van der Waals surface area contributed by atoms with E-state index in [0.29, 0.717) is 5.75 Å². The molecule has 2 nitrogen and oxygen atoms in total. The third-order valence-electron chi connectivity index (χ3n) is 3.63. The van der Waals surface area contributed by atoms with Gasteiger partial charge in [0, 0.05) is 17.7 Å². The molecule has 0 spiro atoms. The second kappa shape index (κ2) is 9.76. The van der Waals surface area contributed by atoms with E-state index < -0.39 is 0 Å². The molecule has 3 heteroatoms. The summed E-state index contributed by atoms with van der Waals surface area (Å²) < 4.78 is 19.2. The molecule has 1 aromatic carbocycles. The summed E-state index contributed by atoms with van der Waals surface area (Å²) in [6.07, 6.45) is 7.18. The van der Waals surface area contributed by atoms with Crippen molar-refractivity contribution >= 4 is 0 Å². The monoisotopic (exact) mass is 281 g/mol. The summed E-state index contributed by atoms with van der Waals surface area (Å²) in [4.78, 5) is 0. The van der Waals surface area contributed by atoms with Crippen LogP contribution in [-0.2, 0) is 0 Å². The predicted octanol–water partition coefficient (Wildman–Crippen LogP) is 4.85. The predicted molar refractivity (Wildman–Crippen MR) is 82.7 cm³/mol. The summed E-state index contributed by atoms with van der Waals surface area (Å²) >= 11 is 0. The van der Waals surface area contributed by atoms with Crippen molar-refractivity contribution in [2.45, 2.75) is 58.4 Å². The van der Waals surface area contributed by atoms with E-state index in [1.54, 1.807) is 7.11 Å². The van der Waals surface area contributed by atoms with Crippen molar-refractivity contribution in [2.75, 3.05) is 13.7 Å². The van der Waals surface area contributed by atoms with E-state index in [0.717, 1.165) is 24.9 Å². The van der Waals surface area contributed by atoms with E-state index in [4.69, 9.17) is 4.74 Å². The van der Waals surface area contributed by atoms with Crippen LogP contribution < -0.4 is 10.1 Å². The number of nitrogens with one attached hydrogen (secondary N) is 1. The Morgan fingerprint density at radius 3 is 2.50 bits per heavy atom. The van der Waals surface area contributed by atoms with Crippen LogP contribution in [0.5, 0.6) is 5.75 Å². The first kappa shape index (κ1) is 17.0. The van der Waals surface area contributed by atoms with Gasteiger partial charge in [-0.1, -0.05) is 52.0 Å². The number of ether oxygens (including phenoxy) is 1. The highest BCUT2D eigenvalue weighted by Gasteiger charge is 2.15. The summed E-state index contributed by atoms with van der Waals surface area (Å²) in [5, 5.41) is 3.39. The van der Waals surface area contributed by atoms with Crippen molar-refractivity contribution in [1.29, 1.82) is 0 Å². The summed E-state index contributed by atoms with van der Waals surface area (Å²) in [6.45, 7) is 5.13. The van der Waals surface area contributed by atoms with Gasteiger partial charge in [-0.2, -0.15) is 0 Å². The number of rotatable bonds is 10. The van der Waals surface area contributed by atoms with E-state index >= 15 is 0 Å². The third kappa shape index (κ3) is 5.49. The molecule has 0 fully saturated rings. The molecule has 0 saturated carbocycles. The van der Waals surface area contributed by atoms with Gasteiger partial charge in [0.05, 0.1) is 7.11 Å². The number of methoxy groups -OCH3 is 1. The van der Waals surface area contributed by atoms with Crippen molar-refractivity contribution in [3.63, 3.8) is 0 Å². The first-order valence-electron chi connectivity index (χ1n) is 7.79. The minimum Gasteiger partial charge on any atom is -0.497 e. The molecule has 0 aromatic heterocycles. The van der Waals surface area contributed by atoms with Crippen LogP contribution in [0.15, 0.2) is 18.2 Å². The average Bonchev–Trinajstić information content (AvgIpc) is 2.46. The van der Waals surface area contributed by atoms with E-state index in [9.17, 15) is 4.39 Å². The smallest absolute Gasteiger partial charge is 0.131 e. The van der Waals surface area contributed by atoms with Crippen LogP contribution in [0.1, 0.15) is 64.0 Å². The second-order valence-corrected chi connectivity index (χ2v) is 5.20. The number of hydrogen-bond acceptors (Lipinski definition) is 2. The molecule has 1 aromatic rings. The highest BCUT2D eigenvalue weighted by Crippen LogP contribution is 2.25. The lowest BCUT2D eigenvalue weighted by molar-refractivity contribution is 0.407. The summed E-state index contributed by atoms with van der Waals surface area (Å²) in [5.41, 5.74) is 0.753. The Balaban J connectivity index is 2.60. The molecule has 114 valence electrons. The first-order chi connectivity index (χ1) is 9.72. The van der Waals surface area contributed by atoms with E-state index in [2.05, 4.69) is 19.2 Å². The molecule has 0 heterocycles. The molecule has 1 rings (SSSR count). The van der Waals surface area contributed by atoms with Gasteiger partial charge in [-0.25, -0.2) is 4.39 Å². The normalized spacial score (nSPS) is 12.4. The fourth-order valence-electron chi connectivity index (χ4n) is 2.48. The first-order valence-corrected chi connectivity index (χ1v) is 7.79. The fraction of sp³-hybridized carbons (Fsp3) is 0.647. The van der Waals surface area contributed by atoms with Crippen molar-refractivity contribution in [1.82, 2.24) is 5.32 Å². The molecule has 1 N–H and O–H groups in total. The molecule has 0 saturated heterocycles. The molecular formula is C17H28FNO. The highest BCUT2D eigenvalue weighted by atomic mass is 19.1. The zero-order valence-corrected chi connectivity index (χ0v) is 13.0. The van der Waals surface area contributed by atoms with Gasteiger partial charge in [0.1, 0.15) is 11.6 Å². The molecule has 0 aliphatic heterocycles. The lowest BCUT2D eigenvalue weighted by Crippen LogP contribution is -2.22. The van der Waals surface area contributed by atoms with Gasteiger partial charge in [0.15, 0.2) is 0 Å². The molecule has 0 radical (unpaired) electrons. The van der Waals surface area contributed by atoms with Crippen LogP contribution in [-0.4, -0.2) is 13.7 Å². The van der Waals surface area contributed by atoms with Crippen LogP contribution in [0.4, 0.5) is 4.39 Å². The minimum atomic E-state index is -0.177. The molecule has 0 bridgehead atoms. The molecule has 0 aliphatic rings. The van der Waals surface area contributed by atoms with Gasteiger partial charge in [-0.15, -0.1) is 0 Å². The Labute approximate surface area is 122 Å². The Morgan fingerprint density at radius 2 is 1.90 bits per heavy atom. The number of hydrogen-bond donors (Lipinski definition) is 1. The molecular weight excluding hydrogens is 253 g/mol. The summed E-state index contributed by atoms with van der Waals surface area (Å²) in [6, 6.07) is 5.25. The summed E-state index contributed by atoms with van der Waals surface area (Å²) in [5.74, 6) is 0.397. The third-order valence-corrected chi connectivity index (χ3v) is 3.63. The van der Waals surface area contributed by atoms with Crippen LogP contribution >= 0.6 is 0 Å².